The minimum absolute atomic E-state index is 0.858. The third-order valence-corrected chi connectivity index (χ3v) is 2.80. The molecule has 0 aromatic heterocycles. The second-order valence-corrected chi connectivity index (χ2v) is 3.80. The van der Waals surface area contributed by atoms with Crippen LogP contribution < -0.4 is 0 Å². The van der Waals surface area contributed by atoms with Gasteiger partial charge in [-0.2, -0.15) is 4.89 Å². The summed E-state index contributed by atoms with van der Waals surface area (Å²) in [5, 5.41) is 48.1. The molecule has 4 unspecified atom stereocenters. The van der Waals surface area contributed by atoms with Crippen molar-refractivity contribution in [1.29, 1.82) is 0 Å². The zero-order valence-electron chi connectivity index (χ0n) is 11.7. The predicted molar refractivity (Wildman–Crippen MR) is 61.9 cm³/mol. The molecular formula is C10H22O10. The lowest BCUT2D eigenvalue weighted by molar-refractivity contribution is -0.554. The molecule has 10 nitrogen and oxygen atoms in total. The Morgan fingerprint density at radius 1 is 0.950 bits per heavy atom. The zero-order valence-corrected chi connectivity index (χ0v) is 11.7. The van der Waals surface area contributed by atoms with Crippen molar-refractivity contribution in [2.24, 2.45) is 0 Å². The van der Waals surface area contributed by atoms with Gasteiger partial charge < -0.3 is 39.7 Å². The lowest BCUT2D eigenvalue weighted by Gasteiger charge is -2.44. The van der Waals surface area contributed by atoms with Crippen LogP contribution in [0.25, 0.3) is 0 Å². The summed E-state index contributed by atoms with van der Waals surface area (Å²) < 4.78 is 14.2. The zero-order chi connectivity index (χ0) is 16.0. The second-order valence-electron chi connectivity index (χ2n) is 3.80. The third-order valence-electron chi connectivity index (χ3n) is 2.80. The molecule has 122 valence electrons. The van der Waals surface area contributed by atoms with E-state index in [4.69, 9.17) is 9.84 Å². The van der Waals surface area contributed by atoms with Crippen molar-refractivity contribution >= 4 is 0 Å². The van der Waals surface area contributed by atoms with Crippen molar-refractivity contribution in [2.45, 2.75) is 30.1 Å². The highest BCUT2D eigenvalue weighted by atomic mass is 17.2. The fourth-order valence-electron chi connectivity index (χ4n) is 1.61. The molecule has 0 aliphatic carbocycles. The van der Waals surface area contributed by atoms with E-state index >= 15 is 0 Å². The maximum atomic E-state index is 10.2. The van der Waals surface area contributed by atoms with Crippen LogP contribution in [0.1, 0.15) is 0 Å². The summed E-state index contributed by atoms with van der Waals surface area (Å²) in [7, 11) is 4.07. The number of ether oxygens (including phenoxy) is 3. The Bertz CT molecular complexity index is 271. The number of hydrogen-bond donors (Lipinski definition) is 5. The van der Waals surface area contributed by atoms with Crippen molar-refractivity contribution in [2.75, 3.05) is 35.0 Å². The van der Waals surface area contributed by atoms with E-state index in [0.717, 1.165) is 28.4 Å². The molecule has 4 atom stereocenters. The standard InChI is InChI=1S/C10H22O10/c1-16-9(20-19-4,10(15,17-2)18-3)8(14)7(13)6(12)5-11/h6-8,11-15H,5H2,1-4H3. The van der Waals surface area contributed by atoms with Crippen molar-refractivity contribution in [3.05, 3.63) is 0 Å². The molecular weight excluding hydrogens is 280 g/mol. The smallest absolute Gasteiger partial charge is 0.343 e. The average molecular weight is 302 g/mol. The van der Waals surface area contributed by atoms with Gasteiger partial charge >= 0.3 is 11.8 Å². The molecule has 20 heavy (non-hydrogen) atoms. The highest BCUT2D eigenvalue weighted by Gasteiger charge is 2.64. The molecule has 0 fully saturated rings. The maximum absolute atomic E-state index is 10.2. The van der Waals surface area contributed by atoms with Crippen molar-refractivity contribution in [3.63, 3.8) is 0 Å². The predicted octanol–water partition coefficient (Wildman–Crippen LogP) is -3.08. The first kappa shape index (κ1) is 19.6. The van der Waals surface area contributed by atoms with E-state index in [1.807, 2.05) is 0 Å². The second kappa shape index (κ2) is 8.14. The summed E-state index contributed by atoms with van der Waals surface area (Å²) in [6, 6.07) is 0. The molecule has 0 heterocycles. The molecule has 0 amide bonds. The number of aliphatic hydroxyl groups is 5. The van der Waals surface area contributed by atoms with Crippen LogP contribution in [0.2, 0.25) is 0 Å². The SMILES string of the molecule is COOC(OC)(C(O)C(O)C(O)CO)C(O)(OC)OC. The van der Waals surface area contributed by atoms with Gasteiger partial charge in [-0.3, -0.25) is 0 Å². The van der Waals surface area contributed by atoms with Crippen LogP contribution in [0.4, 0.5) is 0 Å². The minimum atomic E-state index is -2.69. The van der Waals surface area contributed by atoms with Gasteiger partial charge in [0.05, 0.1) is 13.7 Å². The Kier molecular flexibility index (Phi) is 7.98. The Balaban J connectivity index is 5.63. The van der Waals surface area contributed by atoms with E-state index in [9.17, 15) is 20.4 Å². The number of hydrogen-bond acceptors (Lipinski definition) is 10. The maximum Gasteiger partial charge on any atom is 0.343 e. The fraction of sp³-hybridized carbons (Fsp3) is 1.00. The van der Waals surface area contributed by atoms with Gasteiger partial charge in [-0.15, -0.1) is 0 Å². The van der Waals surface area contributed by atoms with Crippen LogP contribution >= 0.6 is 0 Å². The minimum Gasteiger partial charge on any atom is -0.394 e. The Hall–Kier alpha value is -0.400. The van der Waals surface area contributed by atoms with Crippen LogP contribution in [0.3, 0.4) is 0 Å². The van der Waals surface area contributed by atoms with E-state index in [2.05, 4.69) is 19.2 Å². The molecule has 5 N–H and O–H groups in total. The molecule has 0 rings (SSSR count). The molecule has 0 saturated heterocycles. The van der Waals surface area contributed by atoms with Crippen LogP contribution in [0.5, 0.6) is 0 Å². The quantitative estimate of drug-likeness (QED) is 0.160. The third kappa shape index (κ3) is 3.43. The summed E-state index contributed by atoms with van der Waals surface area (Å²) in [6.45, 7) is -0.858. The molecule has 0 aromatic rings. The lowest BCUT2D eigenvalue weighted by Crippen LogP contribution is -2.69. The van der Waals surface area contributed by atoms with E-state index in [-0.39, 0.29) is 0 Å². The average Bonchev–Trinajstić information content (AvgIpc) is 2.49. The number of methoxy groups -OCH3 is 3. The van der Waals surface area contributed by atoms with Crippen molar-refractivity contribution in [3.8, 4) is 0 Å². The van der Waals surface area contributed by atoms with Gasteiger partial charge in [0.2, 0.25) is 0 Å². The summed E-state index contributed by atoms with van der Waals surface area (Å²) in [6.07, 6.45) is -5.82. The van der Waals surface area contributed by atoms with E-state index < -0.39 is 36.7 Å². The summed E-state index contributed by atoms with van der Waals surface area (Å²) in [5.74, 6) is -5.26. The van der Waals surface area contributed by atoms with Gasteiger partial charge in [-0.1, -0.05) is 0 Å². The largest absolute Gasteiger partial charge is 0.394 e. The first-order valence-corrected chi connectivity index (χ1v) is 5.54. The Labute approximate surface area is 115 Å². The highest BCUT2D eigenvalue weighted by molar-refractivity contribution is 4.93. The first-order chi connectivity index (χ1) is 9.30. The van der Waals surface area contributed by atoms with Crippen LogP contribution in [-0.2, 0) is 24.0 Å². The molecule has 0 spiro atoms. The van der Waals surface area contributed by atoms with Gasteiger partial charge in [-0.25, -0.2) is 4.89 Å². The van der Waals surface area contributed by atoms with Crippen molar-refractivity contribution < 1.29 is 49.5 Å². The van der Waals surface area contributed by atoms with E-state index in [0.29, 0.717) is 0 Å². The van der Waals surface area contributed by atoms with Gasteiger partial charge in [0.1, 0.15) is 18.3 Å². The molecule has 0 aliphatic heterocycles. The van der Waals surface area contributed by atoms with E-state index in [1.54, 1.807) is 0 Å². The van der Waals surface area contributed by atoms with Gasteiger partial charge in [0.25, 0.3) is 0 Å². The molecule has 0 bridgehead atoms. The van der Waals surface area contributed by atoms with Gasteiger partial charge in [0, 0.05) is 21.3 Å². The molecule has 0 radical (unpaired) electrons. The monoisotopic (exact) mass is 302 g/mol. The van der Waals surface area contributed by atoms with Gasteiger partial charge in [-0.05, 0) is 0 Å². The van der Waals surface area contributed by atoms with Gasteiger partial charge in [0.15, 0.2) is 0 Å². The number of rotatable bonds is 10. The number of aliphatic hydroxyl groups excluding tert-OH is 4. The molecule has 10 heteroatoms. The summed E-state index contributed by atoms with van der Waals surface area (Å²) in [5.41, 5.74) is 0. The van der Waals surface area contributed by atoms with Crippen LogP contribution in [-0.4, -0.2) is 90.7 Å². The topological polar surface area (TPSA) is 147 Å². The van der Waals surface area contributed by atoms with Crippen LogP contribution in [0, 0.1) is 0 Å². The summed E-state index contributed by atoms with van der Waals surface area (Å²) in [4.78, 5) is 9.05. The first-order valence-electron chi connectivity index (χ1n) is 5.54. The lowest BCUT2D eigenvalue weighted by atomic mass is 9.98. The van der Waals surface area contributed by atoms with E-state index in [1.165, 1.54) is 0 Å². The van der Waals surface area contributed by atoms with Crippen molar-refractivity contribution in [1.82, 2.24) is 0 Å². The molecule has 0 aromatic carbocycles. The Morgan fingerprint density at radius 2 is 1.45 bits per heavy atom. The fourth-order valence-corrected chi connectivity index (χ4v) is 1.61. The van der Waals surface area contributed by atoms with Crippen LogP contribution in [0.15, 0.2) is 0 Å². The summed E-state index contributed by atoms with van der Waals surface area (Å²) >= 11 is 0. The highest BCUT2D eigenvalue weighted by Crippen LogP contribution is 2.34. The molecule has 0 aliphatic rings. The molecule has 0 saturated carbocycles. The normalized spacial score (nSPS) is 20.2. The Morgan fingerprint density at radius 3 is 1.75 bits per heavy atom.